The number of anilines is 1. The van der Waals surface area contributed by atoms with Crippen LogP contribution in [0, 0.1) is 6.92 Å². The van der Waals surface area contributed by atoms with E-state index in [1.807, 2.05) is 0 Å². The van der Waals surface area contributed by atoms with Gasteiger partial charge in [-0.15, -0.1) is 0 Å². The third-order valence-electron chi connectivity index (χ3n) is 6.27. The van der Waals surface area contributed by atoms with E-state index in [0.29, 0.717) is 61.1 Å². The summed E-state index contributed by atoms with van der Waals surface area (Å²) in [6.45, 7) is 5.64. The first-order chi connectivity index (χ1) is 17.2. The average Bonchev–Trinajstić information content (AvgIpc) is 3.48. The summed E-state index contributed by atoms with van der Waals surface area (Å²) in [6.07, 6.45) is -0.448. The highest BCUT2D eigenvalue weighted by molar-refractivity contribution is 9.11. The predicted octanol–water partition coefficient (Wildman–Crippen LogP) is 3.01. The van der Waals surface area contributed by atoms with Crippen LogP contribution in [0.2, 0.25) is 0 Å². The molecule has 2 fully saturated rings. The number of piperazine rings is 1. The molecule has 1 aromatic heterocycles. The number of halogens is 1. The van der Waals surface area contributed by atoms with Gasteiger partial charge < -0.3 is 29.9 Å². The summed E-state index contributed by atoms with van der Waals surface area (Å²) in [5.41, 5.74) is 0.468. The van der Waals surface area contributed by atoms with Crippen molar-refractivity contribution in [3.05, 3.63) is 45.2 Å². The number of amides is 4. The van der Waals surface area contributed by atoms with Gasteiger partial charge in [-0.05, 0) is 58.7 Å². The molecule has 2 N–H and O–H groups in total. The van der Waals surface area contributed by atoms with E-state index < -0.39 is 17.5 Å². The lowest BCUT2D eigenvalue weighted by molar-refractivity contribution is -0.130. The molecule has 12 heteroatoms. The quantitative estimate of drug-likeness (QED) is 0.563. The molecular weight excluding hydrogens is 552 g/mol. The van der Waals surface area contributed by atoms with E-state index in [1.165, 1.54) is 18.3 Å². The largest absolute Gasteiger partial charge is 0.414 e. The van der Waals surface area contributed by atoms with E-state index in [4.69, 9.17) is 9.47 Å². The minimum Gasteiger partial charge on any atom is -0.399 e. The van der Waals surface area contributed by atoms with Crippen molar-refractivity contribution in [3.63, 3.8) is 0 Å². The molecule has 1 unspecified atom stereocenters. The first-order valence-electron chi connectivity index (χ1n) is 11.5. The van der Waals surface area contributed by atoms with Gasteiger partial charge in [0.1, 0.15) is 5.54 Å². The molecule has 0 radical (unpaired) electrons. The number of hydrogen-bond acceptors (Lipinski definition) is 7. The van der Waals surface area contributed by atoms with E-state index in [1.54, 1.807) is 47.1 Å². The smallest absolute Gasteiger partial charge is 0.399 e. The molecule has 36 heavy (non-hydrogen) atoms. The van der Waals surface area contributed by atoms with E-state index in [-0.39, 0.29) is 18.4 Å². The summed E-state index contributed by atoms with van der Waals surface area (Å²) in [5, 5.41) is 5.91. The van der Waals surface area contributed by atoms with Crippen LogP contribution in [-0.4, -0.2) is 78.5 Å². The van der Waals surface area contributed by atoms with Crippen LogP contribution in [0.3, 0.4) is 0 Å². The van der Waals surface area contributed by atoms with E-state index >= 15 is 0 Å². The second-order valence-electron chi connectivity index (χ2n) is 8.74. The van der Waals surface area contributed by atoms with Crippen LogP contribution in [0.15, 0.2) is 34.1 Å². The summed E-state index contributed by atoms with van der Waals surface area (Å²) in [7, 11) is 0. The minimum atomic E-state index is -1.27. The van der Waals surface area contributed by atoms with Crippen LogP contribution < -0.4 is 15.4 Å². The van der Waals surface area contributed by atoms with Crippen LogP contribution in [0.5, 0.6) is 5.06 Å². The molecular formula is C24H27BrN4O6S. The van der Waals surface area contributed by atoms with Gasteiger partial charge in [0, 0.05) is 57.4 Å². The second-order valence-corrected chi connectivity index (χ2v) is 11.2. The van der Waals surface area contributed by atoms with Crippen molar-refractivity contribution in [1.82, 2.24) is 15.1 Å². The number of aryl methyl sites for hydroxylation is 1. The summed E-state index contributed by atoms with van der Waals surface area (Å²) in [5.74, 6) is -0.534. The number of thiophene rings is 1. The summed E-state index contributed by atoms with van der Waals surface area (Å²) in [6, 6.07) is 8.48. The summed E-state index contributed by atoms with van der Waals surface area (Å²) < 4.78 is 11.5. The Hall–Kier alpha value is -2.96. The fourth-order valence-corrected chi connectivity index (χ4v) is 5.38. The van der Waals surface area contributed by atoms with Crippen LogP contribution in [-0.2, 0) is 14.3 Å². The zero-order valence-corrected chi connectivity index (χ0v) is 22.4. The fourth-order valence-electron chi connectivity index (χ4n) is 4.19. The monoisotopic (exact) mass is 578 g/mol. The van der Waals surface area contributed by atoms with Gasteiger partial charge >= 0.3 is 6.09 Å². The fraction of sp³-hybridized carbons (Fsp3) is 0.417. The number of nitrogens with one attached hydrogen (secondary N) is 2. The lowest BCUT2D eigenvalue weighted by Crippen LogP contribution is -2.58. The molecule has 192 valence electrons. The second kappa shape index (κ2) is 11.0. The maximum absolute atomic E-state index is 13.2. The molecule has 4 rings (SSSR count). The Morgan fingerprint density at radius 3 is 2.39 bits per heavy atom. The zero-order valence-electron chi connectivity index (χ0n) is 20.0. The summed E-state index contributed by atoms with van der Waals surface area (Å²) >= 11 is 4.57. The molecule has 0 saturated carbocycles. The van der Waals surface area contributed by atoms with Crippen LogP contribution in [0.25, 0.3) is 0 Å². The number of carbonyl (C=O) groups is 4. The number of carbonyl (C=O) groups excluding carboxylic acids is 4. The van der Waals surface area contributed by atoms with Gasteiger partial charge in [-0.25, -0.2) is 4.79 Å². The van der Waals surface area contributed by atoms with Crippen LogP contribution in [0.4, 0.5) is 10.5 Å². The molecule has 2 aliphatic heterocycles. The van der Waals surface area contributed by atoms with Gasteiger partial charge in [0.2, 0.25) is 5.91 Å². The third-order valence-corrected chi connectivity index (χ3v) is 7.77. The van der Waals surface area contributed by atoms with Gasteiger partial charge in [-0.1, -0.05) is 11.3 Å². The van der Waals surface area contributed by atoms with Crippen LogP contribution in [0.1, 0.15) is 29.3 Å². The van der Waals surface area contributed by atoms with Gasteiger partial charge in [-0.3, -0.25) is 14.4 Å². The Balaban J connectivity index is 1.40. The molecule has 0 aliphatic carbocycles. The van der Waals surface area contributed by atoms with E-state index in [9.17, 15) is 19.2 Å². The zero-order chi connectivity index (χ0) is 25.9. The van der Waals surface area contributed by atoms with Crippen LogP contribution >= 0.6 is 27.3 Å². The maximum Gasteiger partial charge on any atom is 0.414 e. The Morgan fingerprint density at radius 2 is 1.81 bits per heavy atom. The van der Waals surface area contributed by atoms with Gasteiger partial charge in [0.25, 0.3) is 11.8 Å². The van der Waals surface area contributed by atoms with Crippen molar-refractivity contribution in [1.29, 1.82) is 0 Å². The molecule has 0 spiro atoms. The Bertz CT molecular complexity index is 1170. The predicted molar refractivity (Wildman–Crippen MR) is 137 cm³/mol. The Labute approximate surface area is 221 Å². The first-order valence-corrected chi connectivity index (χ1v) is 13.1. The third kappa shape index (κ3) is 5.88. The first kappa shape index (κ1) is 26.1. The standard InChI is InChI=1S/C24H27BrN4O6S/c1-15-13-17(3-4-18(15)21(31)29-10-8-28(9-11-29)16(2)30)26-22(32)24(7-12-34-14-24)27-23(33)35-20-6-5-19(25)36-20/h3-6,13H,7-12,14H2,1-2H3,(H,26,32)(H,27,33). The van der Waals surface area contributed by atoms with Crippen molar-refractivity contribution in [2.75, 3.05) is 44.7 Å². The molecule has 2 aliphatic rings. The number of hydrogen-bond donors (Lipinski definition) is 2. The molecule has 10 nitrogen and oxygen atoms in total. The number of rotatable bonds is 5. The Morgan fingerprint density at radius 1 is 1.08 bits per heavy atom. The molecule has 2 aromatic rings. The molecule has 4 amide bonds. The molecule has 1 aromatic carbocycles. The number of benzene rings is 1. The normalized spacial score (nSPS) is 19.6. The van der Waals surface area contributed by atoms with Crippen molar-refractivity contribution in [3.8, 4) is 5.06 Å². The lowest BCUT2D eigenvalue weighted by Gasteiger charge is -2.34. The SMILES string of the molecule is CC(=O)N1CCN(C(=O)c2ccc(NC(=O)C3(NC(=O)Oc4ccc(Br)s4)CCOC3)cc2C)CC1. The maximum atomic E-state index is 13.2. The van der Waals surface area contributed by atoms with Crippen molar-refractivity contribution in [2.45, 2.75) is 25.8 Å². The van der Waals surface area contributed by atoms with E-state index in [0.717, 1.165) is 3.79 Å². The van der Waals surface area contributed by atoms with Gasteiger partial charge in [0.05, 0.1) is 10.4 Å². The highest BCUT2D eigenvalue weighted by Gasteiger charge is 2.44. The van der Waals surface area contributed by atoms with Crippen molar-refractivity contribution in [2.24, 2.45) is 0 Å². The van der Waals surface area contributed by atoms with Gasteiger partial charge in [-0.2, -0.15) is 0 Å². The topological polar surface area (TPSA) is 117 Å². The highest BCUT2D eigenvalue weighted by Crippen LogP contribution is 2.29. The molecule has 3 heterocycles. The molecule has 0 bridgehead atoms. The minimum absolute atomic E-state index is 0.00570. The summed E-state index contributed by atoms with van der Waals surface area (Å²) in [4.78, 5) is 53.7. The van der Waals surface area contributed by atoms with Gasteiger partial charge in [0.15, 0.2) is 5.06 Å². The van der Waals surface area contributed by atoms with Crippen molar-refractivity contribution >= 4 is 56.8 Å². The highest BCUT2D eigenvalue weighted by atomic mass is 79.9. The molecule has 1 atom stereocenters. The molecule has 2 saturated heterocycles. The van der Waals surface area contributed by atoms with Crippen molar-refractivity contribution < 1.29 is 28.7 Å². The average molecular weight is 579 g/mol. The number of nitrogens with zero attached hydrogens (tertiary/aromatic N) is 2. The number of ether oxygens (including phenoxy) is 2. The lowest BCUT2D eigenvalue weighted by atomic mass is 9.97. The Kier molecular flexibility index (Phi) is 7.96. The van der Waals surface area contributed by atoms with E-state index in [2.05, 4.69) is 26.6 Å².